The fourth-order valence-corrected chi connectivity index (χ4v) is 1.98. The molecule has 0 saturated heterocycles. The van der Waals surface area contributed by atoms with E-state index in [0.717, 1.165) is 10.9 Å². The second-order valence-corrected chi connectivity index (χ2v) is 4.38. The predicted molar refractivity (Wildman–Crippen MR) is 66.5 cm³/mol. The summed E-state index contributed by atoms with van der Waals surface area (Å²) in [6.45, 7) is 4.94. The van der Waals surface area contributed by atoms with Gasteiger partial charge in [0.1, 0.15) is 5.82 Å². The SMILES string of the molecule is CCN(CCBr)C(=O)c1cc(C)cc(F)c1. The van der Waals surface area contributed by atoms with E-state index in [1.165, 1.54) is 12.1 Å². The van der Waals surface area contributed by atoms with Crippen LogP contribution in [0.1, 0.15) is 22.8 Å². The van der Waals surface area contributed by atoms with Crippen molar-refractivity contribution in [1.29, 1.82) is 0 Å². The molecule has 0 saturated carbocycles. The molecule has 1 aromatic rings. The van der Waals surface area contributed by atoms with Crippen LogP contribution in [-0.4, -0.2) is 29.2 Å². The van der Waals surface area contributed by atoms with E-state index < -0.39 is 0 Å². The van der Waals surface area contributed by atoms with Crippen LogP contribution >= 0.6 is 15.9 Å². The minimum atomic E-state index is -0.363. The standard InChI is InChI=1S/C12H15BrFNO/c1-3-15(5-4-13)12(16)10-6-9(2)7-11(14)8-10/h6-8H,3-5H2,1-2H3. The number of nitrogens with zero attached hydrogens (tertiary/aromatic N) is 1. The Hall–Kier alpha value is -0.900. The highest BCUT2D eigenvalue weighted by atomic mass is 79.9. The Morgan fingerprint density at radius 2 is 2.12 bits per heavy atom. The number of amides is 1. The highest BCUT2D eigenvalue weighted by Crippen LogP contribution is 2.11. The number of halogens is 2. The van der Waals surface area contributed by atoms with Crippen LogP contribution in [0.15, 0.2) is 18.2 Å². The molecule has 0 aromatic heterocycles. The summed E-state index contributed by atoms with van der Waals surface area (Å²) in [6.07, 6.45) is 0. The van der Waals surface area contributed by atoms with Gasteiger partial charge in [-0.25, -0.2) is 4.39 Å². The third-order valence-corrected chi connectivity index (χ3v) is 2.67. The van der Waals surface area contributed by atoms with Crippen molar-refractivity contribution in [2.24, 2.45) is 0 Å². The Bertz CT molecular complexity index is 361. The maximum absolute atomic E-state index is 13.2. The highest BCUT2D eigenvalue weighted by Gasteiger charge is 2.14. The molecule has 1 aromatic carbocycles. The van der Waals surface area contributed by atoms with Crippen molar-refractivity contribution in [1.82, 2.24) is 4.90 Å². The first-order chi connectivity index (χ1) is 7.58. The number of carbonyl (C=O) groups excluding carboxylic acids is 1. The molecule has 0 unspecified atom stereocenters. The molecule has 0 spiro atoms. The molecule has 16 heavy (non-hydrogen) atoms. The molecule has 0 aliphatic heterocycles. The summed E-state index contributed by atoms with van der Waals surface area (Å²) in [5, 5.41) is 0.723. The molecule has 0 aliphatic carbocycles. The molecule has 4 heteroatoms. The molecule has 88 valence electrons. The number of carbonyl (C=O) groups is 1. The molecule has 0 radical (unpaired) electrons. The second-order valence-electron chi connectivity index (χ2n) is 3.59. The molecule has 0 N–H and O–H groups in total. The topological polar surface area (TPSA) is 20.3 Å². The molecule has 0 atom stereocenters. The largest absolute Gasteiger partial charge is 0.338 e. The lowest BCUT2D eigenvalue weighted by Crippen LogP contribution is -2.32. The van der Waals surface area contributed by atoms with Crippen molar-refractivity contribution in [3.63, 3.8) is 0 Å². The van der Waals surface area contributed by atoms with E-state index in [4.69, 9.17) is 0 Å². The number of hydrogen-bond donors (Lipinski definition) is 0. The van der Waals surface area contributed by atoms with Crippen molar-refractivity contribution in [3.05, 3.63) is 35.1 Å². The number of alkyl halides is 1. The number of rotatable bonds is 4. The lowest BCUT2D eigenvalue weighted by Gasteiger charge is -2.19. The Balaban J connectivity index is 2.94. The normalized spacial score (nSPS) is 10.2. The summed E-state index contributed by atoms with van der Waals surface area (Å²) >= 11 is 3.29. The molecule has 0 bridgehead atoms. The summed E-state index contributed by atoms with van der Waals surface area (Å²) in [6, 6.07) is 4.41. The van der Waals surface area contributed by atoms with E-state index in [2.05, 4.69) is 15.9 Å². The smallest absolute Gasteiger partial charge is 0.253 e. The van der Waals surface area contributed by atoms with Crippen LogP contribution in [0.4, 0.5) is 4.39 Å². The molecule has 2 nitrogen and oxygen atoms in total. The number of benzene rings is 1. The molecule has 0 aliphatic rings. The third-order valence-electron chi connectivity index (χ3n) is 2.31. The summed E-state index contributed by atoms with van der Waals surface area (Å²) < 4.78 is 13.2. The van der Waals surface area contributed by atoms with Crippen LogP contribution in [0.3, 0.4) is 0 Å². The summed E-state index contributed by atoms with van der Waals surface area (Å²) in [4.78, 5) is 13.7. The Labute approximate surface area is 104 Å². The van der Waals surface area contributed by atoms with E-state index in [1.807, 2.05) is 6.92 Å². The molecule has 1 rings (SSSR count). The van der Waals surface area contributed by atoms with Gasteiger partial charge in [0.15, 0.2) is 0 Å². The Morgan fingerprint density at radius 1 is 1.44 bits per heavy atom. The number of aryl methyl sites for hydroxylation is 1. The molecular formula is C12H15BrFNO. The van der Waals surface area contributed by atoms with Crippen molar-refractivity contribution < 1.29 is 9.18 Å². The van der Waals surface area contributed by atoms with Gasteiger partial charge in [0.05, 0.1) is 0 Å². The predicted octanol–water partition coefficient (Wildman–Crippen LogP) is 2.99. The number of hydrogen-bond acceptors (Lipinski definition) is 1. The zero-order valence-electron chi connectivity index (χ0n) is 9.46. The zero-order chi connectivity index (χ0) is 12.1. The summed E-state index contributed by atoms with van der Waals surface area (Å²) in [7, 11) is 0. The van der Waals surface area contributed by atoms with E-state index in [-0.39, 0.29) is 11.7 Å². The van der Waals surface area contributed by atoms with E-state index in [9.17, 15) is 9.18 Å². The zero-order valence-corrected chi connectivity index (χ0v) is 11.1. The fraction of sp³-hybridized carbons (Fsp3) is 0.417. The molecule has 1 amide bonds. The van der Waals surface area contributed by atoms with Gasteiger partial charge in [0.2, 0.25) is 0 Å². The minimum Gasteiger partial charge on any atom is -0.338 e. The summed E-state index contributed by atoms with van der Waals surface area (Å²) in [5.41, 5.74) is 1.18. The van der Waals surface area contributed by atoms with Gasteiger partial charge in [-0.15, -0.1) is 0 Å². The first-order valence-electron chi connectivity index (χ1n) is 5.21. The van der Waals surface area contributed by atoms with Crippen LogP contribution in [0, 0.1) is 12.7 Å². The monoisotopic (exact) mass is 287 g/mol. The van der Waals surface area contributed by atoms with Crippen molar-refractivity contribution in [2.45, 2.75) is 13.8 Å². The maximum atomic E-state index is 13.2. The Kier molecular flexibility index (Phi) is 4.93. The van der Waals surface area contributed by atoms with E-state index in [0.29, 0.717) is 18.7 Å². The van der Waals surface area contributed by atoms with Crippen LogP contribution in [0.2, 0.25) is 0 Å². The third kappa shape index (κ3) is 3.30. The van der Waals surface area contributed by atoms with Crippen molar-refractivity contribution >= 4 is 21.8 Å². The average molecular weight is 288 g/mol. The first kappa shape index (κ1) is 13.2. The van der Waals surface area contributed by atoms with Crippen LogP contribution < -0.4 is 0 Å². The van der Waals surface area contributed by atoms with Gasteiger partial charge in [0, 0.05) is 24.0 Å². The van der Waals surface area contributed by atoms with Crippen LogP contribution in [0.5, 0.6) is 0 Å². The van der Waals surface area contributed by atoms with Crippen LogP contribution in [0.25, 0.3) is 0 Å². The molecular weight excluding hydrogens is 273 g/mol. The van der Waals surface area contributed by atoms with Gasteiger partial charge in [-0.1, -0.05) is 15.9 Å². The van der Waals surface area contributed by atoms with Crippen molar-refractivity contribution in [3.8, 4) is 0 Å². The molecule has 0 fully saturated rings. The molecule has 0 heterocycles. The lowest BCUT2D eigenvalue weighted by molar-refractivity contribution is 0.0774. The van der Waals surface area contributed by atoms with E-state index in [1.54, 1.807) is 17.9 Å². The average Bonchev–Trinajstić information content (AvgIpc) is 2.23. The Morgan fingerprint density at radius 3 is 2.62 bits per heavy atom. The highest BCUT2D eigenvalue weighted by molar-refractivity contribution is 9.09. The lowest BCUT2D eigenvalue weighted by atomic mass is 10.1. The van der Waals surface area contributed by atoms with Gasteiger partial charge in [-0.05, 0) is 37.6 Å². The van der Waals surface area contributed by atoms with Gasteiger partial charge in [0.25, 0.3) is 5.91 Å². The second kappa shape index (κ2) is 5.99. The maximum Gasteiger partial charge on any atom is 0.253 e. The van der Waals surface area contributed by atoms with Gasteiger partial charge in [-0.3, -0.25) is 4.79 Å². The van der Waals surface area contributed by atoms with Crippen LogP contribution in [-0.2, 0) is 0 Å². The van der Waals surface area contributed by atoms with Gasteiger partial charge < -0.3 is 4.90 Å². The van der Waals surface area contributed by atoms with Gasteiger partial charge in [-0.2, -0.15) is 0 Å². The van der Waals surface area contributed by atoms with Crippen molar-refractivity contribution in [2.75, 3.05) is 18.4 Å². The fourth-order valence-electron chi connectivity index (χ4n) is 1.55. The summed E-state index contributed by atoms with van der Waals surface area (Å²) in [5.74, 6) is -0.484. The quantitative estimate of drug-likeness (QED) is 0.780. The van der Waals surface area contributed by atoms with Gasteiger partial charge >= 0.3 is 0 Å². The minimum absolute atomic E-state index is 0.121. The van der Waals surface area contributed by atoms with E-state index >= 15 is 0 Å². The first-order valence-corrected chi connectivity index (χ1v) is 6.33.